The average molecular weight is 294 g/mol. The summed E-state index contributed by atoms with van der Waals surface area (Å²) in [5, 5.41) is 2.72. The van der Waals surface area contributed by atoms with Gasteiger partial charge < -0.3 is 10.2 Å². The van der Waals surface area contributed by atoms with E-state index >= 15 is 0 Å². The van der Waals surface area contributed by atoms with Crippen LogP contribution in [0.3, 0.4) is 0 Å². The van der Waals surface area contributed by atoms with Gasteiger partial charge in [0.05, 0.1) is 0 Å². The van der Waals surface area contributed by atoms with Crippen molar-refractivity contribution in [3.63, 3.8) is 0 Å². The van der Waals surface area contributed by atoms with E-state index in [-0.39, 0.29) is 17.6 Å². The summed E-state index contributed by atoms with van der Waals surface area (Å²) in [5.74, 6) is -0.563. The summed E-state index contributed by atoms with van der Waals surface area (Å²) in [6.07, 6.45) is 1.12. The third-order valence-corrected chi connectivity index (χ3v) is 3.25. The van der Waals surface area contributed by atoms with Crippen molar-refractivity contribution in [1.29, 1.82) is 0 Å². The highest BCUT2D eigenvalue weighted by Crippen LogP contribution is 2.12. The van der Waals surface area contributed by atoms with Crippen LogP contribution in [0.5, 0.6) is 0 Å². The highest BCUT2D eigenvalue weighted by atomic mass is 19.1. The first kappa shape index (κ1) is 17.1. The number of likely N-dealkylation sites (N-methyl/N-ethyl adjacent to an activating group) is 1. The lowest BCUT2D eigenvalue weighted by atomic mass is 10.1. The fraction of sp³-hybridized carbons (Fsp3) is 0.500. The lowest BCUT2D eigenvalue weighted by Crippen LogP contribution is -2.47. The first-order valence-corrected chi connectivity index (χ1v) is 7.31. The van der Waals surface area contributed by atoms with Crippen LogP contribution in [-0.4, -0.2) is 29.3 Å². The van der Waals surface area contributed by atoms with E-state index in [4.69, 9.17) is 0 Å². The van der Waals surface area contributed by atoms with Gasteiger partial charge in [0, 0.05) is 19.5 Å². The fourth-order valence-electron chi connectivity index (χ4n) is 2.05. The molecule has 0 aliphatic carbocycles. The van der Waals surface area contributed by atoms with Crippen molar-refractivity contribution in [1.82, 2.24) is 10.2 Å². The fourth-order valence-corrected chi connectivity index (χ4v) is 2.05. The first-order chi connectivity index (χ1) is 9.99. The molecule has 5 heteroatoms. The molecule has 1 rings (SSSR count). The van der Waals surface area contributed by atoms with Gasteiger partial charge in [-0.25, -0.2) is 4.39 Å². The number of carbonyl (C=O) groups excluding carboxylic acids is 2. The Bertz CT molecular complexity index is 474. The molecular formula is C16H23FN2O2. The average Bonchev–Trinajstić information content (AvgIpc) is 2.46. The van der Waals surface area contributed by atoms with Gasteiger partial charge in [-0.2, -0.15) is 0 Å². The van der Waals surface area contributed by atoms with Crippen molar-refractivity contribution in [2.75, 3.05) is 6.54 Å². The van der Waals surface area contributed by atoms with Gasteiger partial charge >= 0.3 is 0 Å². The Kier molecular flexibility index (Phi) is 6.85. The molecule has 0 bridgehead atoms. The van der Waals surface area contributed by atoms with E-state index < -0.39 is 6.04 Å². The number of hydrogen-bond donors (Lipinski definition) is 1. The molecule has 2 amide bonds. The largest absolute Gasteiger partial charge is 0.355 e. The second-order valence-corrected chi connectivity index (χ2v) is 4.97. The van der Waals surface area contributed by atoms with Crippen LogP contribution < -0.4 is 5.32 Å². The summed E-state index contributed by atoms with van der Waals surface area (Å²) in [5.41, 5.74) is 0.803. The van der Waals surface area contributed by atoms with Gasteiger partial charge in [0.15, 0.2) is 0 Å². The lowest BCUT2D eigenvalue weighted by Gasteiger charge is -2.28. The first-order valence-electron chi connectivity index (χ1n) is 7.31. The van der Waals surface area contributed by atoms with E-state index in [0.29, 0.717) is 19.5 Å². The minimum absolute atomic E-state index is 0.0689. The molecule has 1 aromatic rings. The molecule has 0 unspecified atom stereocenters. The van der Waals surface area contributed by atoms with Crippen LogP contribution in [0.15, 0.2) is 24.3 Å². The Balaban J connectivity index is 2.88. The second kappa shape index (κ2) is 8.39. The van der Waals surface area contributed by atoms with Crippen molar-refractivity contribution in [3.8, 4) is 0 Å². The zero-order valence-corrected chi connectivity index (χ0v) is 12.9. The van der Waals surface area contributed by atoms with E-state index in [9.17, 15) is 14.0 Å². The van der Waals surface area contributed by atoms with Gasteiger partial charge in [0.25, 0.3) is 0 Å². The predicted molar refractivity (Wildman–Crippen MR) is 80.0 cm³/mol. The summed E-state index contributed by atoms with van der Waals surface area (Å²) >= 11 is 0. The summed E-state index contributed by atoms with van der Waals surface area (Å²) in [6, 6.07) is 5.43. The maximum atomic E-state index is 12.9. The Morgan fingerprint density at radius 2 is 1.86 bits per heavy atom. The number of halogens is 1. The third kappa shape index (κ3) is 5.17. The highest BCUT2D eigenvalue weighted by molar-refractivity contribution is 5.87. The minimum atomic E-state index is -0.547. The van der Waals surface area contributed by atoms with Crippen molar-refractivity contribution < 1.29 is 14.0 Å². The monoisotopic (exact) mass is 294 g/mol. The van der Waals surface area contributed by atoms with Gasteiger partial charge in [-0.15, -0.1) is 0 Å². The lowest BCUT2D eigenvalue weighted by molar-refractivity contribution is -0.140. The van der Waals surface area contributed by atoms with E-state index in [1.807, 2.05) is 13.8 Å². The summed E-state index contributed by atoms with van der Waals surface area (Å²) in [7, 11) is 0. The number of carbonyl (C=O) groups is 2. The summed E-state index contributed by atoms with van der Waals surface area (Å²) in [4.78, 5) is 25.8. The predicted octanol–water partition coefficient (Wildman–Crippen LogP) is 2.48. The smallest absolute Gasteiger partial charge is 0.242 e. The van der Waals surface area contributed by atoms with Crippen molar-refractivity contribution in [3.05, 3.63) is 35.6 Å². The second-order valence-electron chi connectivity index (χ2n) is 4.97. The molecule has 0 aliphatic rings. The summed E-state index contributed by atoms with van der Waals surface area (Å²) < 4.78 is 12.9. The Hall–Kier alpha value is -1.91. The van der Waals surface area contributed by atoms with E-state index in [1.165, 1.54) is 12.1 Å². The van der Waals surface area contributed by atoms with Crippen molar-refractivity contribution in [2.45, 2.75) is 46.2 Å². The molecule has 1 N–H and O–H groups in total. The molecule has 0 fully saturated rings. The molecule has 1 aromatic carbocycles. The molecule has 0 radical (unpaired) electrons. The van der Waals surface area contributed by atoms with Crippen molar-refractivity contribution >= 4 is 11.8 Å². The van der Waals surface area contributed by atoms with E-state index in [2.05, 4.69) is 5.32 Å². The Morgan fingerprint density at radius 3 is 2.38 bits per heavy atom. The number of nitrogens with one attached hydrogen (secondary N) is 1. The molecule has 21 heavy (non-hydrogen) atoms. The Morgan fingerprint density at radius 1 is 1.24 bits per heavy atom. The van der Waals surface area contributed by atoms with Crippen LogP contribution in [0, 0.1) is 5.82 Å². The number of hydrogen-bond acceptors (Lipinski definition) is 2. The Labute approximate surface area is 125 Å². The zero-order chi connectivity index (χ0) is 15.8. The standard InChI is InChI=1S/C16H23FN2O2/c1-4-6-15(20)19(12(3)16(21)18-5-2)11-13-7-9-14(17)10-8-13/h7-10,12H,4-6,11H2,1-3H3,(H,18,21)/t12-/m0/s1. The number of benzene rings is 1. The molecule has 0 spiro atoms. The number of amides is 2. The molecule has 1 atom stereocenters. The van der Waals surface area contributed by atoms with Crippen LogP contribution in [0.1, 0.15) is 39.2 Å². The molecule has 0 saturated heterocycles. The van der Waals surface area contributed by atoms with Crippen LogP contribution in [0.4, 0.5) is 4.39 Å². The molecule has 0 aromatic heterocycles. The van der Waals surface area contributed by atoms with Gasteiger partial charge in [-0.3, -0.25) is 9.59 Å². The minimum Gasteiger partial charge on any atom is -0.355 e. The third-order valence-electron chi connectivity index (χ3n) is 3.25. The van der Waals surface area contributed by atoms with Gasteiger partial charge in [0.2, 0.25) is 11.8 Å². The van der Waals surface area contributed by atoms with Crippen molar-refractivity contribution in [2.24, 2.45) is 0 Å². The van der Waals surface area contributed by atoms with Gasteiger partial charge in [-0.05, 0) is 38.0 Å². The van der Waals surface area contributed by atoms with Crippen LogP contribution in [0.25, 0.3) is 0 Å². The maximum absolute atomic E-state index is 12.9. The van der Waals surface area contributed by atoms with Crippen LogP contribution in [-0.2, 0) is 16.1 Å². The normalized spacial score (nSPS) is 11.8. The maximum Gasteiger partial charge on any atom is 0.242 e. The quantitative estimate of drug-likeness (QED) is 0.840. The summed E-state index contributed by atoms with van der Waals surface area (Å²) in [6.45, 7) is 6.29. The SMILES string of the molecule is CCCC(=O)N(Cc1ccc(F)cc1)[C@@H](C)C(=O)NCC. The van der Waals surface area contributed by atoms with Crippen LogP contribution in [0.2, 0.25) is 0 Å². The molecule has 0 aliphatic heterocycles. The van der Waals surface area contributed by atoms with Gasteiger partial charge in [0.1, 0.15) is 11.9 Å². The topological polar surface area (TPSA) is 49.4 Å². The number of rotatable bonds is 7. The highest BCUT2D eigenvalue weighted by Gasteiger charge is 2.25. The molecular weight excluding hydrogens is 271 g/mol. The molecule has 0 saturated carbocycles. The van der Waals surface area contributed by atoms with E-state index in [1.54, 1.807) is 24.0 Å². The van der Waals surface area contributed by atoms with Gasteiger partial charge in [-0.1, -0.05) is 19.1 Å². The molecule has 116 valence electrons. The zero-order valence-electron chi connectivity index (χ0n) is 12.9. The van der Waals surface area contributed by atoms with E-state index in [0.717, 1.165) is 12.0 Å². The number of nitrogens with zero attached hydrogens (tertiary/aromatic N) is 1. The molecule has 0 heterocycles. The molecule has 4 nitrogen and oxygen atoms in total. The van der Waals surface area contributed by atoms with Crippen LogP contribution >= 0.6 is 0 Å².